The molecule has 0 saturated carbocycles. The predicted molar refractivity (Wildman–Crippen MR) is 47.6 cm³/mol. The third-order valence-electron chi connectivity index (χ3n) is 1.30. The van der Waals surface area contributed by atoms with Crippen LogP contribution in [-0.4, -0.2) is 31.5 Å². The third-order valence-corrected chi connectivity index (χ3v) is 1.48. The van der Waals surface area contributed by atoms with Gasteiger partial charge in [0.15, 0.2) is 0 Å². The highest BCUT2D eigenvalue weighted by atomic mass is 32.1. The summed E-state index contributed by atoms with van der Waals surface area (Å²) in [5.41, 5.74) is 5.30. The summed E-state index contributed by atoms with van der Waals surface area (Å²) in [5, 5.41) is 12.5. The van der Waals surface area contributed by atoms with E-state index in [1.807, 2.05) is 0 Å². The fourth-order valence-electron chi connectivity index (χ4n) is 0.748. The Morgan fingerprint density at radius 2 is 2.50 bits per heavy atom. The SMILES string of the molecule is NC(=S)c1ncn(CCCO)n1. The van der Waals surface area contributed by atoms with Crippen LogP contribution >= 0.6 is 12.2 Å². The van der Waals surface area contributed by atoms with Gasteiger partial charge in [-0.2, -0.15) is 0 Å². The number of hydrogen-bond acceptors (Lipinski definition) is 4. The smallest absolute Gasteiger partial charge is 0.208 e. The van der Waals surface area contributed by atoms with Crippen LogP contribution in [0.2, 0.25) is 0 Å². The van der Waals surface area contributed by atoms with E-state index >= 15 is 0 Å². The van der Waals surface area contributed by atoms with Gasteiger partial charge in [-0.1, -0.05) is 12.2 Å². The normalized spacial score (nSPS) is 10.1. The fourth-order valence-corrected chi connectivity index (χ4v) is 0.842. The lowest BCUT2D eigenvalue weighted by Crippen LogP contribution is -2.12. The first-order valence-electron chi connectivity index (χ1n) is 3.54. The summed E-state index contributed by atoms with van der Waals surface area (Å²) in [6.07, 6.45) is 2.20. The molecule has 6 heteroatoms. The van der Waals surface area contributed by atoms with Gasteiger partial charge in [0.05, 0.1) is 0 Å². The molecule has 0 amide bonds. The van der Waals surface area contributed by atoms with Crippen LogP contribution in [0.25, 0.3) is 0 Å². The quantitative estimate of drug-likeness (QED) is 0.608. The number of rotatable bonds is 4. The third kappa shape index (κ3) is 2.24. The van der Waals surface area contributed by atoms with E-state index in [-0.39, 0.29) is 11.6 Å². The summed E-state index contributed by atoms with van der Waals surface area (Å²) in [4.78, 5) is 4.06. The summed E-state index contributed by atoms with van der Waals surface area (Å²) in [6.45, 7) is 0.772. The first-order chi connectivity index (χ1) is 5.74. The van der Waals surface area contributed by atoms with Gasteiger partial charge in [0.1, 0.15) is 11.3 Å². The van der Waals surface area contributed by atoms with Crippen molar-refractivity contribution in [3.05, 3.63) is 12.2 Å². The van der Waals surface area contributed by atoms with Gasteiger partial charge in [0.2, 0.25) is 5.82 Å². The maximum atomic E-state index is 8.53. The van der Waals surface area contributed by atoms with Gasteiger partial charge in [-0.15, -0.1) is 5.10 Å². The molecule has 0 aliphatic heterocycles. The van der Waals surface area contributed by atoms with Crippen molar-refractivity contribution >= 4 is 17.2 Å². The van der Waals surface area contributed by atoms with Crippen LogP contribution in [0, 0.1) is 0 Å². The van der Waals surface area contributed by atoms with Crippen molar-refractivity contribution in [2.45, 2.75) is 13.0 Å². The van der Waals surface area contributed by atoms with E-state index < -0.39 is 0 Å². The van der Waals surface area contributed by atoms with E-state index in [9.17, 15) is 0 Å². The average Bonchev–Trinajstić information content (AvgIpc) is 2.48. The summed E-state index contributed by atoms with van der Waals surface area (Å²) in [6, 6.07) is 0. The highest BCUT2D eigenvalue weighted by molar-refractivity contribution is 7.80. The van der Waals surface area contributed by atoms with Gasteiger partial charge in [0.25, 0.3) is 0 Å². The van der Waals surface area contributed by atoms with Crippen LogP contribution in [-0.2, 0) is 6.54 Å². The molecule has 0 atom stereocenters. The summed E-state index contributed by atoms with van der Waals surface area (Å²) in [7, 11) is 0. The molecule has 0 spiro atoms. The van der Waals surface area contributed by atoms with Crippen molar-refractivity contribution in [1.29, 1.82) is 0 Å². The summed E-state index contributed by atoms with van der Waals surface area (Å²) in [5.74, 6) is 0.378. The van der Waals surface area contributed by atoms with Crippen LogP contribution in [0.3, 0.4) is 0 Å². The number of aliphatic hydroxyl groups is 1. The van der Waals surface area contributed by atoms with Crippen molar-refractivity contribution < 1.29 is 5.11 Å². The molecule has 0 aliphatic carbocycles. The summed E-state index contributed by atoms with van der Waals surface area (Å²) >= 11 is 4.68. The van der Waals surface area contributed by atoms with Crippen LogP contribution in [0.15, 0.2) is 6.33 Å². The number of aryl methyl sites for hydroxylation is 1. The van der Waals surface area contributed by atoms with E-state index in [0.717, 1.165) is 0 Å². The molecule has 1 rings (SSSR count). The highest BCUT2D eigenvalue weighted by Gasteiger charge is 2.01. The minimum absolute atomic E-state index is 0.141. The highest BCUT2D eigenvalue weighted by Crippen LogP contribution is 1.91. The van der Waals surface area contributed by atoms with E-state index in [1.54, 1.807) is 11.0 Å². The number of nitrogens with two attached hydrogens (primary N) is 1. The molecule has 0 fully saturated rings. The summed E-state index contributed by atoms with van der Waals surface area (Å²) < 4.78 is 1.60. The largest absolute Gasteiger partial charge is 0.396 e. The topological polar surface area (TPSA) is 77.0 Å². The zero-order valence-electron chi connectivity index (χ0n) is 6.47. The van der Waals surface area contributed by atoms with E-state index in [0.29, 0.717) is 18.8 Å². The number of hydrogen-bond donors (Lipinski definition) is 2. The lowest BCUT2D eigenvalue weighted by Gasteiger charge is -1.95. The Bertz CT molecular complexity index is 272. The average molecular weight is 186 g/mol. The molecule has 0 unspecified atom stereocenters. The Morgan fingerprint density at radius 1 is 1.75 bits per heavy atom. The van der Waals surface area contributed by atoms with E-state index in [4.69, 9.17) is 10.8 Å². The van der Waals surface area contributed by atoms with Crippen LogP contribution < -0.4 is 5.73 Å². The molecule has 0 aliphatic rings. The fraction of sp³-hybridized carbons (Fsp3) is 0.500. The Kier molecular flexibility index (Phi) is 3.12. The molecule has 3 N–H and O–H groups in total. The Balaban J connectivity index is 2.58. The lowest BCUT2D eigenvalue weighted by molar-refractivity contribution is 0.277. The Morgan fingerprint density at radius 3 is 3.00 bits per heavy atom. The molecule has 1 aromatic rings. The monoisotopic (exact) mass is 186 g/mol. The van der Waals surface area contributed by atoms with Crippen LogP contribution in [0.4, 0.5) is 0 Å². The van der Waals surface area contributed by atoms with Crippen LogP contribution in [0.5, 0.6) is 0 Å². The number of aliphatic hydroxyl groups excluding tert-OH is 1. The predicted octanol–water partition coefficient (Wildman–Crippen LogP) is -0.705. The van der Waals surface area contributed by atoms with E-state index in [1.165, 1.54) is 0 Å². The maximum absolute atomic E-state index is 8.53. The molecule has 0 radical (unpaired) electrons. The Hall–Kier alpha value is -1.01. The second-order valence-electron chi connectivity index (χ2n) is 2.27. The minimum atomic E-state index is 0.141. The minimum Gasteiger partial charge on any atom is -0.396 e. The Labute approximate surface area is 75.2 Å². The molecule has 0 bridgehead atoms. The molecule has 12 heavy (non-hydrogen) atoms. The molecular formula is C6H10N4OS. The number of aromatic nitrogens is 3. The van der Waals surface area contributed by atoms with Crippen molar-refractivity contribution in [1.82, 2.24) is 14.8 Å². The second kappa shape index (κ2) is 4.13. The van der Waals surface area contributed by atoms with Crippen molar-refractivity contribution in [2.75, 3.05) is 6.61 Å². The first kappa shape index (κ1) is 9.08. The molecule has 5 nitrogen and oxygen atoms in total. The second-order valence-corrected chi connectivity index (χ2v) is 2.71. The van der Waals surface area contributed by atoms with Crippen molar-refractivity contribution in [3.63, 3.8) is 0 Å². The van der Waals surface area contributed by atoms with Gasteiger partial charge in [-0.25, -0.2) is 4.98 Å². The molecular weight excluding hydrogens is 176 g/mol. The zero-order valence-corrected chi connectivity index (χ0v) is 7.29. The van der Waals surface area contributed by atoms with Gasteiger partial charge < -0.3 is 10.8 Å². The standard InChI is InChI=1S/C6H10N4OS/c7-5(12)6-8-4-10(9-6)2-1-3-11/h4,11H,1-3H2,(H2,7,12). The van der Waals surface area contributed by atoms with Crippen LogP contribution in [0.1, 0.15) is 12.2 Å². The van der Waals surface area contributed by atoms with E-state index in [2.05, 4.69) is 22.3 Å². The molecule has 1 heterocycles. The molecule has 66 valence electrons. The van der Waals surface area contributed by atoms with Gasteiger partial charge in [-0.3, -0.25) is 4.68 Å². The molecule has 0 saturated heterocycles. The van der Waals surface area contributed by atoms with Crippen molar-refractivity contribution in [3.8, 4) is 0 Å². The molecule has 0 aromatic carbocycles. The number of nitrogens with zero attached hydrogens (tertiary/aromatic N) is 3. The maximum Gasteiger partial charge on any atom is 0.208 e. The number of thiocarbonyl (C=S) groups is 1. The first-order valence-corrected chi connectivity index (χ1v) is 3.95. The van der Waals surface area contributed by atoms with Gasteiger partial charge in [-0.05, 0) is 6.42 Å². The lowest BCUT2D eigenvalue weighted by atomic mass is 10.5. The molecule has 1 aromatic heterocycles. The van der Waals surface area contributed by atoms with Gasteiger partial charge >= 0.3 is 0 Å². The van der Waals surface area contributed by atoms with Gasteiger partial charge in [0, 0.05) is 13.2 Å². The van der Waals surface area contributed by atoms with Crippen molar-refractivity contribution in [2.24, 2.45) is 5.73 Å². The zero-order chi connectivity index (χ0) is 8.97.